The standard InChI is InChI=1S/C26H26FN3O4S2/c1-29(19-7-3-2-4-8-19)36(32,33)21-14-12-18(13-15-21)25(31)30(17-20-9-6-16-34-20)26-28-24-22(27)10-5-11-23(24)35-26/h5-6,9-16,19H,2-4,7-8,17H2,1H3. The van der Waals surface area contributed by atoms with E-state index in [0.717, 1.165) is 32.1 Å². The Balaban J connectivity index is 1.44. The van der Waals surface area contributed by atoms with Gasteiger partial charge in [0.25, 0.3) is 5.91 Å². The van der Waals surface area contributed by atoms with Gasteiger partial charge in [0.1, 0.15) is 17.1 Å². The van der Waals surface area contributed by atoms with Crippen LogP contribution in [0.5, 0.6) is 0 Å². The highest BCUT2D eigenvalue weighted by molar-refractivity contribution is 7.89. The molecule has 0 bridgehead atoms. The van der Waals surface area contributed by atoms with Crippen molar-refractivity contribution in [2.24, 2.45) is 0 Å². The van der Waals surface area contributed by atoms with Crippen LogP contribution in [-0.4, -0.2) is 36.7 Å². The van der Waals surface area contributed by atoms with Crippen LogP contribution in [-0.2, 0) is 16.6 Å². The van der Waals surface area contributed by atoms with E-state index in [1.165, 1.54) is 57.1 Å². The fraction of sp³-hybridized carbons (Fsp3) is 0.308. The van der Waals surface area contributed by atoms with Gasteiger partial charge in [-0.15, -0.1) is 0 Å². The maximum atomic E-state index is 14.3. The van der Waals surface area contributed by atoms with Gasteiger partial charge in [-0.3, -0.25) is 9.69 Å². The number of para-hydroxylation sites is 1. The fourth-order valence-electron chi connectivity index (χ4n) is 4.54. The summed E-state index contributed by atoms with van der Waals surface area (Å²) in [5, 5.41) is 0.324. The van der Waals surface area contributed by atoms with Gasteiger partial charge < -0.3 is 4.42 Å². The van der Waals surface area contributed by atoms with Crippen molar-refractivity contribution in [1.29, 1.82) is 0 Å². The summed E-state index contributed by atoms with van der Waals surface area (Å²) in [6, 6.07) is 14.1. The van der Waals surface area contributed by atoms with E-state index in [1.54, 1.807) is 31.3 Å². The maximum Gasteiger partial charge on any atom is 0.260 e. The summed E-state index contributed by atoms with van der Waals surface area (Å²) >= 11 is 1.20. The SMILES string of the molecule is CN(C1CCCCC1)S(=O)(=O)c1ccc(C(=O)N(Cc2ccco2)c2nc3c(F)cccc3s2)cc1. The molecular weight excluding hydrogens is 501 g/mol. The number of carbonyl (C=O) groups excluding carboxylic acids is 1. The van der Waals surface area contributed by atoms with Gasteiger partial charge in [-0.05, 0) is 61.4 Å². The number of thiazole rings is 1. The smallest absolute Gasteiger partial charge is 0.260 e. The molecule has 2 aromatic heterocycles. The Bertz CT molecular complexity index is 1460. The van der Waals surface area contributed by atoms with Gasteiger partial charge in [0.05, 0.1) is 22.4 Å². The van der Waals surface area contributed by atoms with Crippen molar-refractivity contribution in [2.45, 2.75) is 49.6 Å². The third kappa shape index (κ3) is 4.80. The van der Waals surface area contributed by atoms with Crippen molar-refractivity contribution in [3.8, 4) is 0 Å². The average Bonchev–Trinajstić information content (AvgIpc) is 3.57. The number of furan rings is 1. The van der Waals surface area contributed by atoms with E-state index in [0.29, 0.717) is 21.2 Å². The summed E-state index contributed by atoms with van der Waals surface area (Å²) in [6.07, 6.45) is 6.42. The lowest BCUT2D eigenvalue weighted by atomic mass is 9.96. The molecule has 0 radical (unpaired) electrons. The number of hydrogen-bond donors (Lipinski definition) is 0. The molecule has 0 spiro atoms. The minimum Gasteiger partial charge on any atom is -0.467 e. The van der Waals surface area contributed by atoms with E-state index in [2.05, 4.69) is 4.98 Å². The van der Waals surface area contributed by atoms with Crippen LogP contribution in [0.2, 0.25) is 0 Å². The summed E-state index contributed by atoms with van der Waals surface area (Å²) in [4.78, 5) is 19.5. The Morgan fingerprint density at radius 1 is 1.08 bits per heavy atom. The van der Waals surface area contributed by atoms with Crippen LogP contribution in [0.15, 0.2) is 70.2 Å². The molecule has 1 amide bonds. The van der Waals surface area contributed by atoms with Crippen LogP contribution in [0.1, 0.15) is 48.2 Å². The van der Waals surface area contributed by atoms with E-state index in [-0.39, 0.29) is 23.0 Å². The van der Waals surface area contributed by atoms with Crippen LogP contribution in [0, 0.1) is 5.82 Å². The number of carbonyl (C=O) groups is 1. The van der Waals surface area contributed by atoms with Crippen LogP contribution in [0.4, 0.5) is 9.52 Å². The van der Waals surface area contributed by atoms with Gasteiger partial charge in [0.15, 0.2) is 5.13 Å². The van der Waals surface area contributed by atoms with Crippen molar-refractivity contribution in [3.63, 3.8) is 0 Å². The zero-order valence-corrected chi connectivity index (χ0v) is 21.4. The molecule has 188 valence electrons. The molecule has 5 rings (SSSR count). The second-order valence-electron chi connectivity index (χ2n) is 8.89. The van der Waals surface area contributed by atoms with Gasteiger partial charge in [0, 0.05) is 18.7 Å². The van der Waals surface area contributed by atoms with Crippen LogP contribution in [0.3, 0.4) is 0 Å². The Labute approximate surface area is 213 Å². The molecule has 0 atom stereocenters. The Morgan fingerprint density at radius 3 is 2.50 bits per heavy atom. The third-order valence-corrected chi connectivity index (χ3v) is 9.56. The lowest BCUT2D eigenvalue weighted by Crippen LogP contribution is -2.38. The summed E-state index contributed by atoms with van der Waals surface area (Å²) in [5.41, 5.74) is 0.488. The summed E-state index contributed by atoms with van der Waals surface area (Å²) in [5.74, 6) is -0.316. The molecular formula is C26H26FN3O4S2. The number of aromatic nitrogens is 1. The van der Waals surface area contributed by atoms with E-state index >= 15 is 0 Å². The number of amides is 1. The van der Waals surface area contributed by atoms with Gasteiger partial charge >= 0.3 is 0 Å². The molecule has 36 heavy (non-hydrogen) atoms. The number of sulfonamides is 1. The molecule has 0 N–H and O–H groups in total. The molecule has 1 fully saturated rings. The fourth-order valence-corrected chi connectivity index (χ4v) is 6.93. The first-order chi connectivity index (χ1) is 17.3. The second-order valence-corrected chi connectivity index (χ2v) is 11.9. The lowest BCUT2D eigenvalue weighted by Gasteiger charge is -2.30. The van der Waals surface area contributed by atoms with Gasteiger partial charge in [-0.2, -0.15) is 4.31 Å². The van der Waals surface area contributed by atoms with Crippen LogP contribution >= 0.6 is 11.3 Å². The highest BCUT2D eigenvalue weighted by Crippen LogP contribution is 2.32. The first-order valence-electron chi connectivity index (χ1n) is 11.8. The lowest BCUT2D eigenvalue weighted by molar-refractivity contribution is 0.0983. The zero-order valence-electron chi connectivity index (χ0n) is 19.8. The number of fused-ring (bicyclic) bond motifs is 1. The van der Waals surface area contributed by atoms with Crippen molar-refractivity contribution in [1.82, 2.24) is 9.29 Å². The topological polar surface area (TPSA) is 83.7 Å². The highest BCUT2D eigenvalue weighted by Gasteiger charge is 2.30. The predicted molar refractivity (Wildman–Crippen MR) is 137 cm³/mol. The van der Waals surface area contributed by atoms with E-state index < -0.39 is 21.7 Å². The zero-order chi connectivity index (χ0) is 25.3. The summed E-state index contributed by atoms with van der Waals surface area (Å²) in [7, 11) is -2.05. The number of rotatable bonds is 7. The highest BCUT2D eigenvalue weighted by atomic mass is 32.2. The Hall–Kier alpha value is -3.08. The largest absolute Gasteiger partial charge is 0.467 e. The Morgan fingerprint density at radius 2 is 1.83 bits per heavy atom. The van der Waals surface area contributed by atoms with Crippen molar-refractivity contribution in [3.05, 3.63) is 78.0 Å². The summed E-state index contributed by atoms with van der Waals surface area (Å²) in [6.45, 7) is 0.0950. The van der Waals surface area contributed by atoms with Crippen molar-refractivity contribution < 1.29 is 22.0 Å². The molecule has 1 saturated carbocycles. The summed E-state index contributed by atoms with van der Waals surface area (Å²) < 4.78 is 48.2. The van der Waals surface area contributed by atoms with Gasteiger partial charge in [0.2, 0.25) is 10.0 Å². The van der Waals surface area contributed by atoms with Crippen LogP contribution < -0.4 is 4.90 Å². The second kappa shape index (κ2) is 10.1. The maximum absolute atomic E-state index is 14.3. The first kappa shape index (κ1) is 24.6. The quantitative estimate of drug-likeness (QED) is 0.302. The van der Waals surface area contributed by atoms with Crippen LogP contribution in [0.25, 0.3) is 10.2 Å². The Kier molecular flexibility index (Phi) is 6.92. The molecule has 0 unspecified atom stereocenters. The number of anilines is 1. The number of nitrogens with zero attached hydrogens (tertiary/aromatic N) is 3. The normalized spacial score (nSPS) is 15.0. The minimum atomic E-state index is -3.68. The number of halogens is 1. The number of hydrogen-bond acceptors (Lipinski definition) is 6. The number of benzene rings is 2. The molecule has 2 heterocycles. The van der Waals surface area contributed by atoms with E-state index in [9.17, 15) is 17.6 Å². The molecule has 10 heteroatoms. The molecule has 1 aliphatic carbocycles. The molecule has 1 aliphatic rings. The average molecular weight is 528 g/mol. The van der Waals surface area contributed by atoms with Gasteiger partial charge in [-0.1, -0.05) is 36.7 Å². The third-order valence-electron chi connectivity index (χ3n) is 6.60. The predicted octanol–water partition coefficient (Wildman–Crippen LogP) is 5.83. The van der Waals surface area contributed by atoms with Crippen molar-refractivity contribution >= 4 is 42.6 Å². The van der Waals surface area contributed by atoms with E-state index in [1.807, 2.05) is 0 Å². The molecule has 2 aromatic carbocycles. The molecule has 7 nitrogen and oxygen atoms in total. The molecule has 0 aliphatic heterocycles. The first-order valence-corrected chi connectivity index (χ1v) is 14.1. The van der Waals surface area contributed by atoms with Gasteiger partial charge in [-0.25, -0.2) is 17.8 Å². The minimum absolute atomic E-state index is 0.00623. The molecule has 4 aromatic rings. The molecule has 0 saturated heterocycles. The monoisotopic (exact) mass is 527 g/mol. The van der Waals surface area contributed by atoms with E-state index in [4.69, 9.17) is 4.42 Å². The van der Waals surface area contributed by atoms with Crippen molar-refractivity contribution in [2.75, 3.05) is 11.9 Å².